The van der Waals surface area contributed by atoms with E-state index in [4.69, 9.17) is 5.73 Å². The van der Waals surface area contributed by atoms with E-state index >= 15 is 4.39 Å². The maximum absolute atomic E-state index is 15.0. The van der Waals surface area contributed by atoms with E-state index < -0.39 is 17.5 Å². The highest BCUT2D eigenvalue weighted by Gasteiger charge is 2.53. The molecule has 0 aromatic carbocycles. The molecule has 3 saturated heterocycles. The van der Waals surface area contributed by atoms with Gasteiger partial charge in [-0.3, -0.25) is 14.3 Å². The second kappa shape index (κ2) is 8.99. The Hall–Kier alpha value is -3.71. The Morgan fingerprint density at radius 1 is 1.14 bits per heavy atom. The van der Waals surface area contributed by atoms with Gasteiger partial charge in [-0.15, -0.1) is 5.10 Å². The quantitative estimate of drug-likeness (QED) is 0.435. The first-order valence-corrected chi connectivity index (χ1v) is 12.5. The summed E-state index contributed by atoms with van der Waals surface area (Å²) in [6.45, 7) is 4.55. The molecule has 6 rings (SSSR count). The summed E-state index contributed by atoms with van der Waals surface area (Å²) < 4.78 is 30.2. The monoisotopic (exact) mass is 512 g/mol. The van der Waals surface area contributed by atoms with Gasteiger partial charge in [-0.2, -0.15) is 0 Å². The number of nitrogens with two attached hydrogens (primary N) is 1. The van der Waals surface area contributed by atoms with Gasteiger partial charge in [-0.25, -0.2) is 23.1 Å². The molecule has 194 valence electrons. The number of likely N-dealkylation sites (tertiary alicyclic amines) is 1. The summed E-state index contributed by atoms with van der Waals surface area (Å²) in [4.78, 5) is 36.3. The summed E-state index contributed by atoms with van der Waals surface area (Å²) in [6, 6.07) is 0.372. The van der Waals surface area contributed by atoms with Crippen molar-refractivity contribution in [2.75, 3.05) is 55.2 Å². The van der Waals surface area contributed by atoms with Gasteiger partial charge < -0.3 is 21.3 Å². The van der Waals surface area contributed by atoms with Crippen molar-refractivity contribution in [3.63, 3.8) is 0 Å². The Morgan fingerprint density at radius 3 is 2.54 bits per heavy atom. The summed E-state index contributed by atoms with van der Waals surface area (Å²) in [5, 5.41) is 9.90. The molecule has 6 heterocycles. The summed E-state index contributed by atoms with van der Waals surface area (Å²) in [5.74, 6) is -1.76. The van der Waals surface area contributed by atoms with Crippen LogP contribution in [0.4, 0.5) is 26.0 Å². The normalized spacial score (nSPS) is 19.9. The average Bonchev–Trinajstić information content (AvgIpc) is 3.14. The van der Waals surface area contributed by atoms with Gasteiger partial charge in [0.2, 0.25) is 0 Å². The number of carbonyl (C=O) groups excluding carboxylic acids is 2. The molecule has 13 heteroatoms. The number of hydrogen-bond donors (Lipinski definition) is 3. The van der Waals surface area contributed by atoms with Gasteiger partial charge in [-0.1, -0.05) is 0 Å². The van der Waals surface area contributed by atoms with E-state index in [2.05, 4.69) is 25.7 Å². The van der Waals surface area contributed by atoms with Crippen molar-refractivity contribution in [2.24, 2.45) is 5.92 Å². The number of nitrogen functional groups attached to an aromatic ring is 1. The average molecular weight is 513 g/mol. The molecule has 3 aliphatic heterocycles. The number of aromatic nitrogens is 4. The molecule has 3 aromatic heterocycles. The highest BCUT2D eigenvalue weighted by molar-refractivity contribution is 6.12. The molecule has 0 atom stereocenters. The van der Waals surface area contributed by atoms with Crippen LogP contribution in [0.2, 0.25) is 0 Å². The summed E-state index contributed by atoms with van der Waals surface area (Å²) in [6.07, 6.45) is 6.79. The predicted octanol–water partition coefficient (Wildman–Crippen LogP) is 1.17. The Balaban J connectivity index is 1.20. The van der Waals surface area contributed by atoms with Crippen LogP contribution in [0.25, 0.3) is 5.65 Å². The lowest BCUT2D eigenvalue weighted by Gasteiger charge is -2.53. The highest BCUT2D eigenvalue weighted by atomic mass is 19.1. The number of carbonyl (C=O) groups is 2. The van der Waals surface area contributed by atoms with Crippen LogP contribution in [0.1, 0.15) is 29.6 Å². The molecule has 3 aliphatic rings. The summed E-state index contributed by atoms with van der Waals surface area (Å²) in [7, 11) is 0. The first-order valence-electron chi connectivity index (χ1n) is 12.5. The molecule has 0 aliphatic carbocycles. The maximum Gasteiger partial charge on any atom is 0.317 e. The third-order valence-electron chi connectivity index (χ3n) is 7.99. The minimum atomic E-state index is -0.663. The first-order chi connectivity index (χ1) is 17.9. The van der Waals surface area contributed by atoms with E-state index in [1.807, 2.05) is 4.90 Å². The number of quaternary nitrogens is 1. The lowest BCUT2D eigenvalue weighted by Crippen LogP contribution is -2.76. The van der Waals surface area contributed by atoms with Crippen molar-refractivity contribution in [2.45, 2.75) is 25.3 Å². The topological polar surface area (TPSA) is 131 Å². The van der Waals surface area contributed by atoms with Crippen molar-refractivity contribution in [1.82, 2.24) is 24.9 Å². The molecular weight excluding hydrogens is 484 g/mol. The van der Waals surface area contributed by atoms with Gasteiger partial charge in [-0.05, 0) is 12.8 Å². The van der Waals surface area contributed by atoms with E-state index in [-0.39, 0.29) is 34.3 Å². The van der Waals surface area contributed by atoms with Crippen LogP contribution >= 0.6 is 0 Å². The van der Waals surface area contributed by atoms with Crippen LogP contribution < -0.4 is 21.3 Å². The van der Waals surface area contributed by atoms with E-state index in [9.17, 15) is 14.0 Å². The van der Waals surface area contributed by atoms with Crippen LogP contribution in [-0.4, -0.2) is 81.2 Å². The van der Waals surface area contributed by atoms with Gasteiger partial charge in [0.1, 0.15) is 17.3 Å². The van der Waals surface area contributed by atoms with E-state index in [0.29, 0.717) is 42.4 Å². The summed E-state index contributed by atoms with van der Waals surface area (Å²) >= 11 is 0. The number of nitrogens with zero attached hydrogens (tertiary/aromatic N) is 6. The zero-order chi connectivity index (χ0) is 25.7. The van der Waals surface area contributed by atoms with Crippen LogP contribution in [0.5, 0.6) is 0 Å². The number of hydrogen-bond acceptors (Lipinski definition) is 8. The Kier molecular flexibility index (Phi) is 5.75. The molecule has 0 bridgehead atoms. The Morgan fingerprint density at radius 2 is 1.89 bits per heavy atom. The molecule has 11 nitrogen and oxygen atoms in total. The Bertz CT molecular complexity index is 1380. The van der Waals surface area contributed by atoms with Crippen molar-refractivity contribution in [1.29, 1.82) is 0 Å². The number of anilines is 3. The summed E-state index contributed by atoms with van der Waals surface area (Å²) in [5.41, 5.74) is 6.31. The van der Waals surface area contributed by atoms with Crippen LogP contribution in [0.15, 0.2) is 24.8 Å². The van der Waals surface area contributed by atoms with Crippen LogP contribution in [0, 0.1) is 17.6 Å². The molecule has 0 spiro atoms. The number of nitrogens with one attached hydrogen (secondary N) is 2. The molecule has 0 saturated carbocycles. The molecule has 3 fully saturated rings. The van der Waals surface area contributed by atoms with Gasteiger partial charge in [0.05, 0.1) is 49.5 Å². The number of halogens is 2. The first kappa shape index (κ1) is 23.7. The molecule has 0 unspecified atom stereocenters. The molecule has 2 amide bonds. The van der Waals surface area contributed by atoms with E-state index in [1.165, 1.54) is 6.20 Å². The second-order valence-electron chi connectivity index (χ2n) is 10.0. The standard InChI is InChI=1S/C24H27F2N9O2/c25-15-8-30-22-19(21(27)32-34(22)13-15)23(36)31-18-12-29-11-17(26)20(18)33-4-2-14(3-5-33)24(37)35(6-1-7-35)16-9-28-10-16/h8,11-14,16,28H,1-7,9-10H2,(H2-,27,31,32,36)/p+1. The SMILES string of the molecule is Nc1nn2cc(F)cnc2c1C(=O)Nc1cncc(F)c1N1CCC(C(=O)[N+]2(C3CNC3)CCC2)CC1. The number of amides is 2. The molecule has 3 aromatic rings. The van der Waals surface area contributed by atoms with E-state index in [1.54, 1.807) is 0 Å². The fourth-order valence-corrected chi connectivity index (χ4v) is 5.77. The van der Waals surface area contributed by atoms with Gasteiger partial charge >= 0.3 is 5.91 Å². The number of rotatable bonds is 5. The second-order valence-corrected chi connectivity index (χ2v) is 10.0. The molecular formula is C24H28F2N9O2+. The fourth-order valence-electron chi connectivity index (χ4n) is 5.77. The number of fused-ring (bicyclic) bond motifs is 1. The minimum absolute atomic E-state index is 0.0476. The third-order valence-corrected chi connectivity index (χ3v) is 7.99. The number of pyridine rings is 1. The largest absolute Gasteiger partial charge is 0.381 e. The third kappa shape index (κ3) is 3.89. The van der Waals surface area contributed by atoms with Crippen molar-refractivity contribution in [3.05, 3.63) is 42.0 Å². The smallest absolute Gasteiger partial charge is 0.317 e. The van der Waals surface area contributed by atoms with Gasteiger partial charge in [0.25, 0.3) is 5.91 Å². The molecule has 37 heavy (non-hydrogen) atoms. The highest BCUT2D eigenvalue weighted by Crippen LogP contribution is 2.36. The minimum Gasteiger partial charge on any atom is -0.381 e. The van der Waals surface area contributed by atoms with Crippen molar-refractivity contribution in [3.8, 4) is 0 Å². The van der Waals surface area contributed by atoms with Crippen LogP contribution in [0.3, 0.4) is 0 Å². The zero-order valence-electron chi connectivity index (χ0n) is 20.2. The molecule has 0 radical (unpaired) electrons. The van der Waals surface area contributed by atoms with E-state index in [0.717, 1.165) is 55.7 Å². The lowest BCUT2D eigenvalue weighted by molar-refractivity contribution is -0.920. The van der Waals surface area contributed by atoms with Gasteiger partial charge in [0, 0.05) is 32.6 Å². The number of piperidine rings is 1. The van der Waals surface area contributed by atoms with Crippen LogP contribution in [-0.2, 0) is 4.79 Å². The zero-order valence-corrected chi connectivity index (χ0v) is 20.2. The van der Waals surface area contributed by atoms with Crippen molar-refractivity contribution < 1.29 is 22.9 Å². The fraction of sp³-hybridized carbons (Fsp3) is 0.458. The van der Waals surface area contributed by atoms with Gasteiger partial charge in [0.15, 0.2) is 23.1 Å². The Labute approximate surface area is 211 Å². The molecule has 4 N–H and O–H groups in total. The lowest BCUT2D eigenvalue weighted by atomic mass is 9.88. The van der Waals surface area contributed by atoms with Crippen molar-refractivity contribution >= 4 is 34.7 Å². The predicted molar refractivity (Wildman–Crippen MR) is 131 cm³/mol. The maximum atomic E-state index is 15.0.